The van der Waals surface area contributed by atoms with E-state index < -0.39 is 10.0 Å². The molecule has 10 nitrogen and oxygen atoms in total. The van der Waals surface area contributed by atoms with Gasteiger partial charge in [0.15, 0.2) is 0 Å². The van der Waals surface area contributed by atoms with Gasteiger partial charge in [-0.25, -0.2) is 17.8 Å². The van der Waals surface area contributed by atoms with Crippen LogP contribution in [0.2, 0.25) is 0 Å². The summed E-state index contributed by atoms with van der Waals surface area (Å²) < 4.78 is 41.2. The van der Waals surface area contributed by atoms with Gasteiger partial charge in [-0.1, -0.05) is 0 Å². The van der Waals surface area contributed by atoms with E-state index in [-0.39, 0.29) is 22.8 Å². The Morgan fingerprint density at radius 1 is 1.00 bits per heavy atom. The Kier molecular flexibility index (Phi) is 7.87. The largest absolute Gasteiger partial charge is 0.340 e. The fourth-order valence-corrected chi connectivity index (χ4v) is 6.13. The van der Waals surface area contributed by atoms with E-state index in [9.17, 15) is 12.8 Å². The number of nitrogens with one attached hydrogen (secondary N) is 4. The minimum absolute atomic E-state index is 0.139. The number of nitrogens with zero attached hydrogens (tertiary/aromatic N) is 4. The number of hydrogen-bond acceptors (Lipinski definition) is 8. The summed E-state index contributed by atoms with van der Waals surface area (Å²) in [5, 5.41) is 16.8. The van der Waals surface area contributed by atoms with E-state index in [1.807, 2.05) is 13.1 Å². The Morgan fingerprint density at radius 2 is 1.67 bits per heavy atom. The summed E-state index contributed by atoms with van der Waals surface area (Å²) >= 11 is 0. The molecule has 2 aromatic carbocycles. The molecule has 1 aliphatic rings. The average molecular weight is 551 g/mol. The number of piperidine rings is 1. The fourth-order valence-electron chi connectivity index (χ4n) is 4.66. The Balaban J connectivity index is 1.17. The number of hydrogen-bond donors (Lipinski definition) is 4. The van der Waals surface area contributed by atoms with Crippen LogP contribution in [0.3, 0.4) is 0 Å². The van der Waals surface area contributed by atoms with Crippen LogP contribution in [0.5, 0.6) is 0 Å². The number of benzene rings is 2. The number of aromatic amines is 1. The van der Waals surface area contributed by atoms with Gasteiger partial charge in [-0.2, -0.15) is 14.4 Å². The molecule has 0 spiro atoms. The van der Waals surface area contributed by atoms with Crippen molar-refractivity contribution in [1.29, 1.82) is 0 Å². The van der Waals surface area contributed by atoms with Gasteiger partial charge in [0.05, 0.1) is 11.1 Å². The summed E-state index contributed by atoms with van der Waals surface area (Å²) in [6.45, 7) is 5.01. The molecule has 4 N–H and O–H groups in total. The van der Waals surface area contributed by atoms with E-state index >= 15 is 0 Å². The number of anilines is 4. The molecule has 204 valence electrons. The van der Waals surface area contributed by atoms with Crippen molar-refractivity contribution in [3.05, 3.63) is 84.1 Å². The smallest absolute Gasteiger partial charge is 0.243 e. The lowest BCUT2D eigenvalue weighted by atomic mass is 10.0. The summed E-state index contributed by atoms with van der Waals surface area (Å²) in [4.78, 5) is 8.88. The lowest BCUT2D eigenvalue weighted by molar-refractivity contribution is 0.277. The van der Waals surface area contributed by atoms with Crippen molar-refractivity contribution < 1.29 is 12.8 Å². The van der Waals surface area contributed by atoms with E-state index in [2.05, 4.69) is 43.0 Å². The zero-order valence-corrected chi connectivity index (χ0v) is 22.5. The third-order valence-electron chi connectivity index (χ3n) is 6.80. The third kappa shape index (κ3) is 6.41. The second-order valence-corrected chi connectivity index (χ2v) is 11.5. The molecule has 1 saturated heterocycles. The lowest BCUT2D eigenvalue weighted by Gasteiger charge is -2.33. The Hall–Kier alpha value is -3.87. The monoisotopic (exact) mass is 550 g/mol. The molecule has 12 heteroatoms. The summed E-state index contributed by atoms with van der Waals surface area (Å²) in [5.74, 6) is 0.557. The Morgan fingerprint density at radius 3 is 2.33 bits per heavy atom. The van der Waals surface area contributed by atoms with Crippen LogP contribution in [0, 0.1) is 12.7 Å². The Bertz CT molecular complexity index is 1500. The highest BCUT2D eigenvalue weighted by Crippen LogP contribution is 2.25. The average Bonchev–Trinajstić information content (AvgIpc) is 3.37. The molecule has 0 radical (unpaired) electrons. The number of aryl methyl sites for hydroxylation is 1. The predicted molar refractivity (Wildman–Crippen MR) is 148 cm³/mol. The third-order valence-corrected chi connectivity index (χ3v) is 8.71. The van der Waals surface area contributed by atoms with Crippen molar-refractivity contribution in [2.75, 3.05) is 23.7 Å². The summed E-state index contributed by atoms with van der Waals surface area (Å²) in [5.41, 5.74) is 3.51. The van der Waals surface area contributed by atoms with Crippen LogP contribution >= 0.6 is 0 Å². The first-order chi connectivity index (χ1) is 18.8. The van der Waals surface area contributed by atoms with Gasteiger partial charge in [0.25, 0.3) is 0 Å². The van der Waals surface area contributed by atoms with Crippen LogP contribution in [0.15, 0.2) is 71.9 Å². The first kappa shape index (κ1) is 26.7. The predicted octanol–water partition coefficient (Wildman–Crippen LogP) is 4.64. The van der Waals surface area contributed by atoms with Crippen molar-refractivity contribution in [1.82, 2.24) is 29.8 Å². The van der Waals surface area contributed by atoms with Gasteiger partial charge in [0.2, 0.25) is 16.0 Å². The van der Waals surface area contributed by atoms with Crippen LogP contribution in [0.25, 0.3) is 0 Å². The molecule has 0 amide bonds. The zero-order chi connectivity index (χ0) is 27.4. The molecule has 39 heavy (non-hydrogen) atoms. The van der Waals surface area contributed by atoms with Crippen molar-refractivity contribution in [3.8, 4) is 0 Å². The van der Waals surface area contributed by atoms with Crippen molar-refractivity contribution >= 4 is 33.2 Å². The van der Waals surface area contributed by atoms with Crippen LogP contribution in [-0.2, 0) is 10.0 Å². The van der Waals surface area contributed by atoms with Gasteiger partial charge in [-0.15, -0.1) is 0 Å². The number of rotatable bonds is 9. The summed E-state index contributed by atoms with van der Waals surface area (Å²) in [7, 11) is -3.60. The van der Waals surface area contributed by atoms with E-state index in [4.69, 9.17) is 0 Å². The standard InChI is InChI=1S/C27H31FN8O2S/c1-18(25-17-30-35-19(25)2)31-23-12-15-36(16-13-23)39(37,38)24-9-7-22(8-10-24)33-27-29-14-11-26(34-27)32-21-5-3-20(28)4-6-21/h3-11,14,17-18,23,31H,12-13,15-16H2,1-2H3,(H,30,35)(H2,29,32,33,34). The van der Waals surface area contributed by atoms with Gasteiger partial charge in [0.1, 0.15) is 11.6 Å². The van der Waals surface area contributed by atoms with Gasteiger partial charge in [0, 0.05) is 54.0 Å². The SMILES string of the molecule is Cc1[nH]ncc1C(C)NC1CCN(S(=O)(=O)c2ccc(Nc3nccc(Nc4ccc(F)cc4)n3)cc2)CC1. The fraction of sp³-hybridized carbons (Fsp3) is 0.296. The highest BCUT2D eigenvalue weighted by molar-refractivity contribution is 7.89. The molecule has 0 aliphatic carbocycles. The molecule has 2 aromatic heterocycles. The highest BCUT2D eigenvalue weighted by Gasteiger charge is 2.30. The zero-order valence-electron chi connectivity index (χ0n) is 21.7. The number of aromatic nitrogens is 4. The minimum atomic E-state index is -3.60. The van der Waals surface area contributed by atoms with E-state index in [1.54, 1.807) is 53.0 Å². The second kappa shape index (κ2) is 11.5. The molecule has 0 bridgehead atoms. The van der Waals surface area contributed by atoms with E-state index in [0.717, 1.165) is 24.1 Å². The van der Waals surface area contributed by atoms with Crippen LogP contribution < -0.4 is 16.0 Å². The van der Waals surface area contributed by atoms with Gasteiger partial charge >= 0.3 is 0 Å². The maximum Gasteiger partial charge on any atom is 0.243 e. The molecule has 1 aliphatic heterocycles. The maximum absolute atomic E-state index is 13.3. The number of halogens is 1. The lowest BCUT2D eigenvalue weighted by Crippen LogP contribution is -2.45. The van der Waals surface area contributed by atoms with E-state index in [1.165, 1.54) is 12.1 Å². The molecule has 1 atom stereocenters. The molecule has 5 rings (SSSR count). The summed E-state index contributed by atoms with van der Waals surface area (Å²) in [6, 6.07) is 14.6. The first-order valence-electron chi connectivity index (χ1n) is 12.8. The van der Waals surface area contributed by atoms with Crippen LogP contribution in [0.4, 0.5) is 27.5 Å². The Labute approximate surface area is 227 Å². The highest BCUT2D eigenvalue weighted by atomic mass is 32.2. The van der Waals surface area contributed by atoms with E-state index in [0.29, 0.717) is 36.2 Å². The number of sulfonamides is 1. The molecule has 4 aromatic rings. The molecule has 1 unspecified atom stereocenters. The second-order valence-electron chi connectivity index (χ2n) is 9.56. The first-order valence-corrected chi connectivity index (χ1v) is 14.2. The van der Waals surface area contributed by atoms with Crippen molar-refractivity contribution in [3.63, 3.8) is 0 Å². The van der Waals surface area contributed by atoms with Crippen LogP contribution in [0.1, 0.15) is 37.1 Å². The van der Waals surface area contributed by atoms with Crippen molar-refractivity contribution in [2.24, 2.45) is 0 Å². The summed E-state index contributed by atoms with van der Waals surface area (Å²) in [6.07, 6.45) is 4.90. The number of H-pyrrole nitrogens is 1. The van der Waals surface area contributed by atoms with Gasteiger partial charge < -0.3 is 16.0 Å². The van der Waals surface area contributed by atoms with Crippen LogP contribution in [-0.4, -0.2) is 52.0 Å². The molecule has 3 heterocycles. The quantitative estimate of drug-likeness (QED) is 0.237. The van der Waals surface area contributed by atoms with Crippen molar-refractivity contribution in [2.45, 2.75) is 43.7 Å². The minimum Gasteiger partial charge on any atom is -0.340 e. The topological polar surface area (TPSA) is 128 Å². The molecule has 1 fully saturated rings. The molecular weight excluding hydrogens is 519 g/mol. The molecule has 0 saturated carbocycles. The van der Waals surface area contributed by atoms with Gasteiger partial charge in [-0.05, 0) is 81.3 Å². The normalized spacial score (nSPS) is 15.7. The molecular formula is C27H31FN8O2S. The van der Waals surface area contributed by atoms with Gasteiger partial charge in [-0.3, -0.25) is 5.10 Å². The maximum atomic E-state index is 13.3.